The van der Waals surface area contributed by atoms with Crippen molar-refractivity contribution in [1.29, 1.82) is 0 Å². The second-order valence-electron chi connectivity index (χ2n) is 4.11. The summed E-state index contributed by atoms with van der Waals surface area (Å²) in [6.45, 7) is 3.93. The number of hydrogen-bond donors (Lipinski definition) is 1. The molecule has 0 aromatic heterocycles. The number of hydrogen-bond acceptors (Lipinski definition) is 1. The number of unbranched alkanes of at least 4 members (excludes halogenated alkanes) is 2. The molecule has 0 amide bonds. The van der Waals surface area contributed by atoms with Crippen molar-refractivity contribution in [2.24, 2.45) is 5.73 Å². The molecule has 1 aromatic carbocycles. The first-order chi connectivity index (χ1) is 7.15. The standard InChI is InChI=1S/C13H20FN/c1-3-4-5-6-13(15)11-8-7-10(2)12(14)9-11/h7-9,13H,3-6,15H2,1-2H3/t13-/m0/s1. The smallest absolute Gasteiger partial charge is 0.126 e. The van der Waals surface area contributed by atoms with Gasteiger partial charge >= 0.3 is 0 Å². The van der Waals surface area contributed by atoms with Gasteiger partial charge in [-0.05, 0) is 30.5 Å². The summed E-state index contributed by atoms with van der Waals surface area (Å²) in [4.78, 5) is 0. The van der Waals surface area contributed by atoms with Crippen molar-refractivity contribution in [3.05, 3.63) is 35.1 Å². The van der Waals surface area contributed by atoms with Gasteiger partial charge in [0.2, 0.25) is 0 Å². The van der Waals surface area contributed by atoms with Gasteiger partial charge in [-0.1, -0.05) is 38.3 Å². The topological polar surface area (TPSA) is 26.0 Å². The molecule has 0 aliphatic heterocycles. The Morgan fingerprint density at radius 3 is 2.67 bits per heavy atom. The van der Waals surface area contributed by atoms with Crippen molar-refractivity contribution in [1.82, 2.24) is 0 Å². The Kier molecular flexibility index (Phi) is 4.76. The molecule has 2 N–H and O–H groups in total. The van der Waals surface area contributed by atoms with Crippen LogP contribution in [0.3, 0.4) is 0 Å². The molecule has 0 bridgehead atoms. The molecule has 1 rings (SSSR count). The summed E-state index contributed by atoms with van der Waals surface area (Å²) in [5.74, 6) is -0.154. The van der Waals surface area contributed by atoms with Crippen LogP contribution in [0.5, 0.6) is 0 Å². The monoisotopic (exact) mass is 209 g/mol. The maximum absolute atomic E-state index is 13.3. The number of aryl methyl sites for hydroxylation is 1. The van der Waals surface area contributed by atoms with E-state index < -0.39 is 0 Å². The first kappa shape index (κ1) is 12.2. The molecule has 0 spiro atoms. The van der Waals surface area contributed by atoms with Gasteiger partial charge in [0, 0.05) is 6.04 Å². The minimum absolute atomic E-state index is 0.0216. The van der Waals surface area contributed by atoms with Crippen LogP contribution >= 0.6 is 0 Å². The van der Waals surface area contributed by atoms with Gasteiger partial charge in [-0.15, -0.1) is 0 Å². The maximum atomic E-state index is 13.3. The van der Waals surface area contributed by atoms with E-state index in [1.165, 1.54) is 12.8 Å². The van der Waals surface area contributed by atoms with Gasteiger partial charge in [0.15, 0.2) is 0 Å². The van der Waals surface area contributed by atoms with E-state index in [-0.39, 0.29) is 11.9 Å². The summed E-state index contributed by atoms with van der Waals surface area (Å²) in [5, 5.41) is 0. The number of halogens is 1. The first-order valence-corrected chi connectivity index (χ1v) is 5.66. The van der Waals surface area contributed by atoms with Crippen LogP contribution < -0.4 is 5.73 Å². The maximum Gasteiger partial charge on any atom is 0.126 e. The Hall–Kier alpha value is -0.890. The lowest BCUT2D eigenvalue weighted by molar-refractivity contribution is 0.570. The summed E-state index contributed by atoms with van der Waals surface area (Å²) in [6.07, 6.45) is 4.44. The van der Waals surface area contributed by atoms with E-state index in [9.17, 15) is 4.39 Å². The van der Waals surface area contributed by atoms with Crippen molar-refractivity contribution in [3.8, 4) is 0 Å². The van der Waals surface area contributed by atoms with Gasteiger partial charge in [-0.25, -0.2) is 4.39 Å². The second kappa shape index (κ2) is 5.86. The zero-order valence-corrected chi connectivity index (χ0v) is 9.59. The number of nitrogens with two attached hydrogens (primary N) is 1. The Morgan fingerprint density at radius 2 is 2.07 bits per heavy atom. The quantitative estimate of drug-likeness (QED) is 0.735. The molecule has 0 radical (unpaired) electrons. The highest BCUT2D eigenvalue weighted by atomic mass is 19.1. The fourth-order valence-electron chi connectivity index (χ4n) is 1.62. The Morgan fingerprint density at radius 1 is 1.33 bits per heavy atom. The van der Waals surface area contributed by atoms with Crippen molar-refractivity contribution in [2.45, 2.75) is 45.6 Å². The SMILES string of the molecule is CCCCC[C@H](N)c1ccc(C)c(F)c1. The lowest BCUT2D eigenvalue weighted by Crippen LogP contribution is -2.10. The second-order valence-corrected chi connectivity index (χ2v) is 4.11. The summed E-state index contributed by atoms with van der Waals surface area (Å²) in [7, 11) is 0. The molecular formula is C13H20FN. The molecule has 0 heterocycles. The molecule has 2 heteroatoms. The normalized spacial score (nSPS) is 12.8. The van der Waals surface area contributed by atoms with Crippen LogP contribution in [-0.2, 0) is 0 Å². The summed E-state index contributed by atoms with van der Waals surface area (Å²) in [6, 6.07) is 5.26. The van der Waals surface area contributed by atoms with Gasteiger partial charge in [-0.3, -0.25) is 0 Å². The zero-order valence-electron chi connectivity index (χ0n) is 9.59. The molecule has 0 fully saturated rings. The van der Waals surface area contributed by atoms with Crippen molar-refractivity contribution < 1.29 is 4.39 Å². The average Bonchev–Trinajstić information content (AvgIpc) is 2.22. The fourth-order valence-corrected chi connectivity index (χ4v) is 1.62. The molecule has 15 heavy (non-hydrogen) atoms. The highest BCUT2D eigenvalue weighted by molar-refractivity contribution is 5.25. The van der Waals surface area contributed by atoms with Gasteiger partial charge in [0.05, 0.1) is 0 Å². The van der Waals surface area contributed by atoms with Gasteiger partial charge in [0.1, 0.15) is 5.82 Å². The van der Waals surface area contributed by atoms with Gasteiger partial charge in [0.25, 0.3) is 0 Å². The molecule has 1 nitrogen and oxygen atoms in total. The van der Waals surface area contributed by atoms with Gasteiger partial charge < -0.3 is 5.73 Å². The third kappa shape index (κ3) is 3.63. The molecule has 0 saturated heterocycles. The Labute approximate surface area is 91.5 Å². The molecule has 1 atom stereocenters. The molecule has 0 aliphatic carbocycles. The van der Waals surface area contributed by atoms with Crippen molar-refractivity contribution >= 4 is 0 Å². The van der Waals surface area contributed by atoms with Crippen LogP contribution in [0.1, 0.15) is 49.8 Å². The predicted octanol–water partition coefficient (Wildman–Crippen LogP) is 3.71. The van der Waals surface area contributed by atoms with E-state index in [0.29, 0.717) is 5.56 Å². The molecule has 0 saturated carbocycles. The number of benzene rings is 1. The lowest BCUT2D eigenvalue weighted by atomic mass is 10.00. The highest BCUT2D eigenvalue weighted by Crippen LogP contribution is 2.19. The highest BCUT2D eigenvalue weighted by Gasteiger charge is 2.07. The summed E-state index contributed by atoms with van der Waals surface area (Å²) in [5.41, 5.74) is 7.58. The minimum atomic E-state index is -0.154. The van der Waals surface area contributed by atoms with Crippen LogP contribution in [-0.4, -0.2) is 0 Å². The van der Waals surface area contributed by atoms with Crippen molar-refractivity contribution in [2.75, 3.05) is 0 Å². The van der Waals surface area contributed by atoms with Crippen LogP contribution in [0.4, 0.5) is 4.39 Å². The van der Waals surface area contributed by atoms with Crippen LogP contribution in [0.25, 0.3) is 0 Å². The first-order valence-electron chi connectivity index (χ1n) is 5.66. The van der Waals surface area contributed by atoms with E-state index in [4.69, 9.17) is 5.73 Å². The third-order valence-electron chi connectivity index (χ3n) is 2.74. The molecule has 1 aromatic rings. The Balaban J connectivity index is 2.57. The minimum Gasteiger partial charge on any atom is -0.324 e. The molecular weight excluding hydrogens is 189 g/mol. The van der Waals surface area contributed by atoms with E-state index in [1.807, 2.05) is 6.07 Å². The lowest BCUT2D eigenvalue weighted by Gasteiger charge is -2.12. The van der Waals surface area contributed by atoms with E-state index in [2.05, 4.69) is 6.92 Å². The van der Waals surface area contributed by atoms with Crippen LogP contribution in [0.2, 0.25) is 0 Å². The largest absolute Gasteiger partial charge is 0.324 e. The number of rotatable bonds is 5. The van der Waals surface area contributed by atoms with E-state index in [1.54, 1.807) is 19.1 Å². The van der Waals surface area contributed by atoms with Crippen LogP contribution in [0.15, 0.2) is 18.2 Å². The average molecular weight is 209 g/mol. The molecule has 0 unspecified atom stereocenters. The summed E-state index contributed by atoms with van der Waals surface area (Å²) < 4.78 is 13.3. The third-order valence-corrected chi connectivity index (χ3v) is 2.74. The summed E-state index contributed by atoms with van der Waals surface area (Å²) >= 11 is 0. The molecule has 84 valence electrons. The van der Waals surface area contributed by atoms with Crippen molar-refractivity contribution in [3.63, 3.8) is 0 Å². The van der Waals surface area contributed by atoms with Gasteiger partial charge in [-0.2, -0.15) is 0 Å². The van der Waals surface area contributed by atoms with Crippen LogP contribution in [0, 0.1) is 12.7 Å². The zero-order chi connectivity index (χ0) is 11.3. The predicted molar refractivity (Wildman–Crippen MR) is 62.2 cm³/mol. The van der Waals surface area contributed by atoms with E-state index in [0.717, 1.165) is 18.4 Å². The Bertz CT molecular complexity index is 309. The fraction of sp³-hybridized carbons (Fsp3) is 0.538. The molecule has 0 aliphatic rings. The van der Waals surface area contributed by atoms with E-state index >= 15 is 0 Å².